The second kappa shape index (κ2) is 5.73. The lowest BCUT2D eigenvalue weighted by Crippen LogP contribution is -2.18. The van der Waals surface area contributed by atoms with Crippen LogP contribution in [0.3, 0.4) is 0 Å². The molecule has 0 bridgehead atoms. The summed E-state index contributed by atoms with van der Waals surface area (Å²) in [5.74, 6) is 1.39. The summed E-state index contributed by atoms with van der Waals surface area (Å²) in [7, 11) is 2.00. The molecule has 0 fully saturated rings. The monoisotopic (exact) mass is 300 g/mol. The quantitative estimate of drug-likeness (QED) is 0.689. The van der Waals surface area contributed by atoms with Crippen LogP contribution in [0.4, 0.5) is 5.82 Å². The van der Waals surface area contributed by atoms with Gasteiger partial charge in [-0.25, -0.2) is 9.97 Å². The van der Waals surface area contributed by atoms with Crippen LogP contribution < -0.4 is 4.90 Å². The van der Waals surface area contributed by atoms with Gasteiger partial charge in [-0.3, -0.25) is 0 Å². The molecule has 0 amide bonds. The summed E-state index contributed by atoms with van der Waals surface area (Å²) in [5.41, 5.74) is 2.47. The molecule has 0 saturated carbocycles. The van der Waals surface area contributed by atoms with Crippen LogP contribution in [0.1, 0.15) is 11.5 Å². The topological polar surface area (TPSA) is 55.1 Å². The van der Waals surface area contributed by atoms with E-state index < -0.39 is 0 Å². The summed E-state index contributed by atoms with van der Waals surface area (Å²) in [5, 5.41) is 0. The van der Waals surface area contributed by atoms with Gasteiger partial charge in [0.05, 0.1) is 0 Å². The van der Waals surface area contributed by atoms with E-state index in [-0.39, 0.29) is 0 Å². The number of nitrogens with zero attached hydrogens (tertiary/aromatic N) is 4. The summed E-state index contributed by atoms with van der Waals surface area (Å²) in [6.45, 7) is 2.57. The highest BCUT2D eigenvalue weighted by Crippen LogP contribution is 2.24. The van der Waals surface area contributed by atoms with Crippen molar-refractivity contribution in [2.45, 2.75) is 18.4 Å². The van der Waals surface area contributed by atoms with Gasteiger partial charge in [-0.05, 0) is 24.0 Å². The molecule has 0 saturated heterocycles. The Bertz CT molecular complexity index is 771. The number of thioether (sulfide) groups is 1. The summed E-state index contributed by atoms with van der Waals surface area (Å²) < 4.78 is 5.45. The average Bonchev–Trinajstić information content (AvgIpc) is 2.87. The molecule has 0 aliphatic carbocycles. The van der Waals surface area contributed by atoms with Crippen LogP contribution in [0.5, 0.6) is 0 Å². The van der Waals surface area contributed by atoms with Crippen molar-refractivity contribution in [1.29, 1.82) is 0 Å². The molecule has 0 N–H and O–H groups in total. The molecule has 3 rings (SSSR count). The molecule has 5 nitrogen and oxygen atoms in total. The Labute approximate surface area is 127 Å². The zero-order valence-electron chi connectivity index (χ0n) is 12.2. The maximum Gasteiger partial charge on any atom is 0.252 e. The zero-order valence-corrected chi connectivity index (χ0v) is 13.0. The highest BCUT2D eigenvalue weighted by Gasteiger charge is 2.14. The number of anilines is 1. The largest absolute Gasteiger partial charge is 0.422 e. The third-order valence-electron chi connectivity index (χ3n) is 3.20. The minimum atomic E-state index is 0.530. The van der Waals surface area contributed by atoms with Gasteiger partial charge in [-0.2, -0.15) is 4.98 Å². The van der Waals surface area contributed by atoms with Gasteiger partial charge in [0, 0.05) is 25.4 Å². The molecule has 2 aromatic heterocycles. The Morgan fingerprint density at radius 2 is 2.14 bits per heavy atom. The first-order valence-electron chi connectivity index (χ1n) is 6.59. The molecule has 3 aromatic rings. The van der Waals surface area contributed by atoms with Crippen molar-refractivity contribution in [1.82, 2.24) is 15.0 Å². The van der Waals surface area contributed by atoms with E-state index in [1.165, 1.54) is 16.8 Å². The van der Waals surface area contributed by atoms with Crippen molar-refractivity contribution in [3.63, 3.8) is 0 Å². The highest BCUT2D eigenvalue weighted by molar-refractivity contribution is 7.98. The normalized spacial score (nSPS) is 11.0. The maximum absolute atomic E-state index is 5.45. The van der Waals surface area contributed by atoms with Crippen molar-refractivity contribution in [3.05, 3.63) is 42.0 Å². The molecule has 108 valence electrons. The van der Waals surface area contributed by atoms with Crippen molar-refractivity contribution in [3.8, 4) is 0 Å². The van der Waals surface area contributed by atoms with Crippen molar-refractivity contribution >= 4 is 28.8 Å². The van der Waals surface area contributed by atoms with E-state index in [2.05, 4.69) is 50.4 Å². The molecule has 0 unspecified atom stereocenters. The highest BCUT2D eigenvalue weighted by atomic mass is 32.2. The number of aryl methyl sites for hydroxylation is 1. The molecular formula is C15H16N4OS. The summed E-state index contributed by atoms with van der Waals surface area (Å²) in [6, 6.07) is 8.49. The second-order valence-corrected chi connectivity index (χ2v) is 5.67. The van der Waals surface area contributed by atoms with Crippen LogP contribution in [-0.4, -0.2) is 28.3 Å². The molecule has 6 heteroatoms. The van der Waals surface area contributed by atoms with Gasteiger partial charge in [-0.15, -0.1) is 11.8 Å². The Morgan fingerprint density at radius 3 is 2.95 bits per heavy atom. The number of benzene rings is 1. The molecule has 0 spiro atoms. The predicted octanol–water partition coefficient (Wildman–Crippen LogP) is 3.28. The van der Waals surface area contributed by atoms with E-state index in [4.69, 9.17) is 4.42 Å². The SMILES string of the molecule is CSc1cccc(CN(C)c2ncnc3oc(C)nc23)c1. The van der Waals surface area contributed by atoms with E-state index in [0.717, 1.165) is 12.4 Å². The standard InChI is InChI=1S/C15H16N4OS/c1-10-18-13-14(16-9-17-15(13)20-10)19(2)8-11-5-4-6-12(7-11)21-3/h4-7,9H,8H2,1-3H3. The molecular weight excluding hydrogens is 284 g/mol. The smallest absolute Gasteiger partial charge is 0.252 e. The number of hydrogen-bond acceptors (Lipinski definition) is 6. The Balaban J connectivity index is 1.91. The molecule has 0 aliphatic heterocycles. The summed E-state index contributed by atoms with van der Waals surface area (Å²) in [4.78, 5) is 16.1. The van der Waals surface area contributed by atoms with E-state index in [0.29, 0.717) is 17.1 Å². The lowest BCUT2D eigenvalue weighted by molar-refractivity contribution is 0.551. The van der Waals surface area contributed by atoms with Gasteiger partial charge < -0.3 is 9.32 Å². The minimum Gasteiger partial charge on any atom is -0.422 e. The van der Waals surface area contributed by atoms with Gasteiger partial charge >= 0.3 is 0 Å². The molecule has 0 aliphatic rings. The lowest BCUT2D eigenvalue weighted by atomic mass is 10.2. The van der Waals surface area contributed by atoms with Crippen molar-refractivity contribution < 1.29 is 4.42 Å². The van der Waals surface area contributed by atoms with Crippen LogP contribution in [0.2, 0.25) is 0 Å². The van der Waals surface area contributed by atoms with E-state index >= 15 is 0 Å². The molecule has 21 heavy (non-hydrogen) atoms. The van der Waals surface area contributed by atoms with Crippen LogP contribution >= 0.6 is 11.8 Å². The van der Waals surface area contributed by atoms with E-state index in [9.17, 15) is 0 Å². The predicted molar refractivity (Wildman–Crippen MR) is 84.7 cm³/mol. The summed E-state index contributed by atoms with van der Waals surface area (Å²) >= 11 is 1.74. The van der Waals surface area contributed by atoms with Gasteiger partial charge in [-0.1, -0.05) is 12.1 Å². The number of aromatic nitrogens is 3. The third-order valence-corrected chi connectivity index (χ3v) is 3.92. The van der Waals surface area contributed by atoms with Gasteiger partial charge in [0.2, 0.25) is 0 Å². The number of oxazole rings is 1. The number of rotatable bonds is 4. The average molecular weight is 300 g/mol. The van der Waals surface area contributed by atoms with E-state index in [1.54, 1.807) is 11.8 Å². The van der Waals surface area contributed by atoms with Crippen molar-refractivity contribution in [2.24, 2.45) is 0 Å². The van der Waals surface area contributed by atoms with Crippen LogP contribution in [0, 0.1) is 6.92 Å². The van der Waals surface area contributed by atoms with Crippen LogP contribution in [0.15, 0.2) is 39.9 Å². The molecule has 1 aromatic carbocycles. The summed E-state index contributed by atoms with van der Waals surface area (Å²) in [6.07, 6.45) is 3.59. The first-order chi connectivity index (χ1) is 10.2. The third kappa shape index (κ3) is 2.85. The molecule has 0 atom stereocenters. The Kier molecular flexibility index (Phi) is 3.79. The van der Waals surface area contributed by atoms with Gasteiger partial charge in [0.1, 0.15) is 6.33 Å². The molecule has 2 heterocycles. The lowest BCUT2D eigenvalue weighted by Gasteiger charge is -2.18. The van der Waals surface area contributed by atoms with Gasteiger partial charge in [0.25, 0.3) is 5.71 Å². The fourth-order valence-corrected chi connectivity index (χ4v) is 2.73. The Hall–Kier alpha value is -2.08. The number of fused-ring (bicyclic) bond motifs is 1. The fraction of sp³-hybridized carbons (Fsp3) is 0.267. The number of hydrogen-bond donors (Lipinski definition) is 0. The maximum atomic E-state index is 5.45. The first-order valence-corrected chi connectivity index (χ1v) is 7.82. The first kappa shape index (κ1) is 13.9. The van der Waals surface area contributed by atoms with Crippen LogP contribution in [0.25, 0.3) is 11.2 Å². The second-order valence-electron chi connectivity index (χ2n) is 4.79. The van der Waals surface area contributed by atoms with Crippen molar-refractivity contribution in [2.75, 3.05) is 18.2 Å². The van der Waals surface area contributed by atoms with Crippen LogP contribution in [-0.2, 0) is 6.54 Å². The zero-order chi connectivity index (χ0) is 14.8. The Morgan fingerprint density at radius 1 is 1.29 bits per heavy atom. The van der Waals surface area contributed by atoms with Gasteiger partial charge in [0.15, 0.2) is 17.2 Å². The molecule has 0 radical (unpaired) electrons. The fourth-order valence-electron chi connectivity index (χ4n) is 2.25. The van der Waals surface area contributed by atoms with E-state index in [1.807, 2.05) is 14.0 Å². The minimum absolute atomic E-state index is 0.530.